The molecule has 5 heteroatoms. The lowest BCUT2D eigenvalue weighted by Gasteiger charge is -2.11. The second kappa shape index (κ2) is 6.18. The predicted octanol–water partition coefficient (Wildman–Crippen LogP) is 1.86. The van der Waals surface area contributed by atoms with E-state index in [1.807, 2.05) is 6.07 Å². The molecule has 1 aliphatic carbocycles. The van der Waals surface area contributed by atoms with Crippen LogP contribution in [0.4, 0.5) is 0 Å². The molecule has 0 atom stereocenters. The Labute approximate surface area is 114 Å². The smallest absolute Gasteiger partial charge is 0.179 e. The molecule has 2 rings (SSSR count). The maximum atomic E-state index is 12.1. The Hall–Kier alpha value is -1.38. The molecule has 0 aromatic heterocycles. The number of hydrogen-bond acceptors (Lipinski definition) is 4. The summed E-state index contributed by atoms with van der Waals surface area (Å²) in [7, 11) is -3.25. The van der Waals surface area contributed by atoms with Crippen molar-refractivity contribution in [1.29, 1.82) is 5.26 Å². The standard InChI is InChI=1S/C14H18N2O2S/c15-11-12-5-7-14(8-6-12)19(17,18)10-9-16-13-3-1-2-4-13/h5-8,13,16H,1-4,9-10H2. The zero-order chi connectivity index (χ0) is 13.7. The summed E-state index contributed by atoms with van der Waals surface area (Å²) in [4.78, 5) is 0.291. The Kier molecular flexibility index (Phi) is 4.56. The molecule has 0 saturated heterocycles. The summed E-state index contributed by atoms with van der Waals surface area (Å²) in [6.07, 6.45) is 4.77. The van der Waals surface area contributed by atoms with Crippen molar-refractivity contribution in [3.05, 3.63) is 29.8 Å². The molecule has 0 radical (unpaired) electrons. The van der Waals surface area contributed by atoms with Crippen molar-refractivity contribution in [2.75, 3.05) is 12.3 Å². The van der Waals surface area contributed by atoms with Crippen molar-refractivity contribution in [2.24, 2.45) is 0 Å². The lowest BCUT2D eigenvalue weighted by Crippen LogP contribution is -2.31. The maximum absolute atomic E-state index is 12.1. The summed E-state index contributed by atoms with van der Waals surface area (Å²) in [6.45, 7) is 0.493. The SMILES string of the molecule is N#Cc1ccc(S(=O)(=O)CCNC2CCCC2)cc1. The van der Waals surface area contributed by atoms with Crippen LogP contribution in [0.3, 0.4) is 0 Å². The number of nitrogens with zero attached hydrogens (tertiary/aromatic N) is 1. The van der Waals surface area contributed by atoms with E-state index in [1.165, 1.54) is 37.1 Å². The average Bonchev–Trinajstić information content (AvgIpc) is 2.92. The van der Waals surface area contributed by atoms with Crippen LogP contribution in [-0.4, -0.2) is 26.8 Å². The minimum atomic E-state index is -3.25. The van der Waals surface area contributed by atoms with Crippen LogP contribution < -0.4 is 5.32 Å². The van der Waals surface area contributed by atoms with E-state index in [9.17, 15) is 8.42 Å². The molecule has 0 bridgehead atoms. The Bertz CT molecular complexity index is 552. The lowest BCUT2D eigenvalue weighted by atomic mass is 10.2. The van der Waals surface area contributed by atoms with Crippen LogP contribution in [0.2, 0.25) is 0 Å². The third-order valence-corrected chi connectivity index (χ3v) is 5.23. The first-order chi connectivity index (χ1) is 9.12. The van der Waals surface area contributed by atoms with Gasteiger partial charge in [-0.15, -0.1) is 0 Å². The topological polar surface area (TPSA) is 70.0 Å². The van der Waals surface area contributed by atoms with Crippen LogP contribution in [-0.2, 0) is 9.84 Å². The summed E-state index contributed by atoms with van der Waals surface area (Å²) in [5.74, 6) is 0.107. The van der Waals surface area contributed by atoms with Crippen LogP contribution in [0.5, 0.6) is 0 Å². The van der Waals surface area contributed by atoms with E-state index in [-0.39, 0.29) is 5.75 Å². The summed E-state index contributed by atoms with van der Waals surface area (Å²) in [6, 6.07) is 8.55. The molecule has 102 valence electrons. The minimum absolute atomic E-state index is 0.107. The molecule has 0 aliphatic heterocycles. The second-order valence-electron chi connectivity index (χ2n) is 4.89. The fourth-order valence-electron chi connectivity index (χ4n) is 2.38. The molecule has 1 fully saturated rings. The van der Waals surface area contributed by atoms with Crippen molar-refractivity contribution in [3.63, 3.8) is 0 Å². The van der Waals surface area contributed by atoms with Gasteiger partial charge < -0.3 is 5.32 Å². The largest absolute Gasteiger partial charge is 0.313 e. The Morgan fingerprint density at radius 3 is 2.42 bits per heavy atom. The summed E-state index contributed by atoms with van der Waals surface area (Å²) < 4.78 is 24.2. The molecule has 1 aliphatic rings. The molecule has 4 nitrogen and oxygen atoms in total. The van der Waals surface area contributed by atoms with Crippen LogP contribution in [0, 0.1) is 11.3 Å². The highest BCUT2D eigenvalue weighted by Crippen LogP contribution is 2.17. The van der Waals surface area contributed by atoms with Crippen molar-refractivity contribution in [1.82, 2.24) is 5.32 Å². The van der Waals surface area contributed by atoms with Gasteiger partial charge in [0.15, 0.2) is 9.84 Å². The monoisotopic (exact) mass is 278 g/mol. The first-order valence-electron chi connectivity index (χ1n) is 6.58. The zero-order valence-corrected chi connectivity index (χ0v) is 11.6. The van der Waals surface area contributed by atoms with Crippen molar-refractivity contribution in [2.45, 2.75) is 36.6 Å². The number of sulfone groups is 1. The van der Waals surface area contributed by atoms with Gasteiger partial charge in [-0.25, -0.2) is 8.42 Å². The van der Waals surface area contributed by atoms with Gasteiger partial charge in [0.25, 0.3) is 0 Å². The van der Waals surface area contributed by atoms with Crippen molar-refractivity contribution in [3.8, 4) is 6.07 Å². The normalized spacial score (nSPS) is 16.4. The molecule has 0 unspecified atom stereocenters. The van der Waals surface area contributed by atoms with Crippen LogP contribution in [0.15, 0.2) is 29.2 Å². The van der Waals surface area contributed by atoms with Gasteiger partial charge in [0.1, 0.15) is 0 Å². The zero-order valence-electron chi connectivity index (χ0n) is 10.8. The van der Waals surface area contributed by atoms with Gasteiger partial charge in [0, 0.05) is 12.6 Å². The number of benzene rings is 1. The molecule has 0 spiro atoms. The molecule has 19 heavy (non-hydrogen) atoms. The van der Waals surface area contributed by atoms with Crippen molar-refractivity contribution >= 4 is 9.84 Å². The summed E-state index contributed by atoms with van der Waals surface area (Å²) in [5.41, 5.74) is 0.475. The highest BCUT2D eigenvalue weighted by molar-refractivity contribution is 7.91. The second-order valence-corrected chi connectivity index (χ2v) is 7.00. The van der Waals surface area contributed by atoms with Crippen molar-refractivity contribution < 1.29 is 8.42 Å². The van der Waals surface area contributed by atoms with Gasteiger partial charge in [0.05, 0.1) is 22.3 Å². The molecule has 1 saturated carbocycles. The van der Waals surface area contributed by atoms with Crippen LogP contribution in [0.25, 0.3) is 0 Å². The van der Waals surface area contributed by atoms with Crippen LogP contribution in [0.1, 0.15) is 31.2 Å². The van der Waals surface area contributed by atoms with E-state index in [0.717, 1.165) is 12.8 Å². The first-order valence-corrected chi connectivity index (χ1v) is 8.23. The number of nitrogens with one attached hydrogen (secondary N) is 1. The molecule has 0 amide bonds. The lowest BCUT2D eigenvalue weighted by molar-refractivity contribution is 0.536. The predicted molar refractivity (Wildman–Crippen MR) is 73.5 cm³/mol. The van der Waals surface area contributed by atoms with E-state index < -0.39 is 9.84 Å². The summed E-state index contributed by atoms with van der Waals surface area (Å²) >= 11 is 0. The molecular weight excluding hydrogens is 260 g/mol. The highest BCUT2D eigenvalue weighted by atomic mass is 32.2. The molecule has 1 aromatic carbocycles. The Balaban J connectivity index is 1.91. The van der Waals surface area contributed by atoms with Crippen LogP contribution >= 0.6 is 0 Å². The minimum Gasteiger partial charge on any atom is -0.313 e. The van der Waals surface area contributed by atoms with E-state index >= 15 is 0 Å². The molecule has 0 heterocycles. The van der Waals surface area contributed by atoms with Gasteiger partial charge in [-0.3, -0.25) is 0 Å². The van der Waals surface area contributed by atoms with Gasteiger partial charge in [-0.1, -0.05) is 12.8 Å². The van der Waals surface area contributed by atoms with Gasteiger partial charge in [-0.2, -0.15) is 5.26 Å². The van der Waals surface area contributed by atoms with E-state index in [0.29, 0.717) is 23.0 Å². The van der Waals surface area contributed by atoms with Gasteiger partial charge in [-0.05, 0) is 37.1 Å². The molecular formula is C14H18N2O2S. The first kappa shape index (κ1) is 14.0. The summed E-state index contributed by atoms with van der Waals surface area (Å²) in [5, 5.41) is 12.0. The number of nitriles is 1. The quantitative estimate of drug-likeness (QED) is 0.892. The number of rotatable bonds is 5. The van der Waals surface area contributed by atoms with Gasteiger partial charge >= 0.3 is 0 Å². The molecule has 1 N–H and O–H groups in total. The van der Waals surface area contributed by atoms with E-state index in [4.69, 9.17) is 5.26 Å². The van der Waals surface area contributed by atoms with E-state index in [2.05, 4.69) is 5.32 Å². The third-order valence-electron chi connectivity index (χ3n) is 3.50. The highest BCUT2D eigenvalue weighted by Gasteiger charge is 2.17. The van der Waals surface area contributed by atoms with Gasteiger partial charge in [0.2, 0.25) is 0 Å². The third kappa shape index (κ3) is 3.79. The fraction of sp³-hybridized carbons (Fsp3) is 0.500. The van der Waals surface area contributed by atoms with E-state index in [1.54, 1.807) is 0 Å². The Morgan fingerprint density at radius 1 is 1.21 bits per heavy atom. The number of hydrogen-bond donors (Lipinski definition) is 1. The Morgan fingerprint density at radius 2 is 1.84 bits per heavy atom. The fourth-order valence-corrected chi connectivity index (χ4v) is 3.56. The average molecular weight is 278 g/mol. The maximum Gasteiger partial charge on any atom is 0.179 e. The molecule has 1 aromatic rings.